The third kappa shape index (κ3) is 1.29. The number of aromatic nitrogens is 3. The molecule has 0 amide bonds. The Morgan fingerprint density at radius 3 is 3.00 bits per heavy atom. The standard InChI is InChI=1S/C13H14N4/c1-8-4-11-15-7-10-9(6-14)5-13(2,3)12(10)17(11)16-8/h4,7,9H,5H2,1-3H3. The number of aryl methyl sites for hydroxylation is 1. The van der Waals surface area contributed by atoms with Crippen LogP contribution >= 0.6 is 0 Å². The molecular formula is C13H14N4. The first-order chi connectivity index (χ1) is 8.03. The summed E-state index contributed by atoms with van der Waals surface area (Å²) in [5.41, 5.74) is 3.99. The van der Waals surface area contributed by atoms with E-state index in [1.54, 1.807) is 0 Å². The van der Waals surface area contributed by atoms with Gasteiger partial charge in [-0.25, -0.2) is 9.50 Å². The molecular weight excluding hydrogens is 212 g/mol. The Hall–Kier alpha value is -1.89. The van der Waals surface area contributed by atoms with E-state index in [4.69, 9.17) is 0 Å². The molecule has 0 aromatic carbocycles. The smallest absolute Gasteiger partial charge is 0.155 e. The minimum absolute atomic E-state index is 0.0185. The molecule has 1 unspecified atom stereocenters. The van der Waals surface area contributed by atoms with E-state index >= 15 is 0 Å². The minimum Gasteiger partial charge on any atom is -0.237 e. The maximum Gasteiger partial charge on any atom is 0.155 e. The van der Waals surface area contributed by atoms with E-state index in [0.29, 0.717) is 0 Å². The van der Waals surface area contributed by atoms with Gasteiger partial charge >= 0.3 is 0 Å². The Labute approximate surface area is 99.9 Å². The van der Waals surface area contributed by atoms with E-state index in [1.165, 1.54) is 0 Å². The summed E-state index contributed by atoms with van der Waals surface area (Å²) in [4.78, 5) is 4.39. The Bertz CT molecular complexity index is 645. The number of rotatable bonds is 0. The van der Waals surface area contributed by atoms with Crippen LogP contribution in [-0.2, 0) is 5.41 Å². The van der Waals surface area contributed by atoms with Gasteiger partial charge in [0, 0.05) is 23.2 Å². The van der Waals surface area contributed by atoms with Crippen LogP contribution in [0, 0.1) is 18.3 Å². The molecule has 4 heteroatoms. The fourth-order valence-corrected chi connectivity index (χ4v) is 2.83. The minimum atomic E-state index is -0.0543. The van der Waals surface area contributed by atoms with Gasteiger partial charge in [-0.15, -0.1) is 0 Å². The van der Waals surface area contributed by atoms with Gasteiger partial charge in [-0.05, 0) is 13.3 Å². The average molecular weight is 226 g/mol. The van der Waals surface area contributed by atoms with E-state index < -0.39 is 0 Å². The number of hydrogen-bond acceptors (Lipinski definition) is 3. The SMILES string of the molecule is Cc1cc2ncc3c(n2n1)C(C)(C)CC3C#N. The van der Waals surface area contributed by atoms with Crippen molar-refractivity contribution < 1.29 is 0 Å². The van der Waals surface area contributed by atoms with Crippen molar-refractivity contribution in [2.45, 2.75) is 38.5 Å². The van der Waals surface area contributed by atoms with Gasteiger partial charge in [0.05, 0.1) is 23.4 Å². The molecule has 0 spiro atoms. The van der Waals surface area contributed by atoms with Crippen molar-refractivity contribution in [2.75, 3.05) is 0 Å². The van der Waals surface area contributed by atoms with Crippen LogP contribution in [0.25, 0.3) is 5.65 Å². The maximum absolute atomic E-state index is 9.21. The predicted molar refractivity (Wildman–Crippen MR) is 63.7 cm³/mol. The summed E-state index contributed by atoms with van der Waals surface area (Å²) in [7, 11) is 0. The largest absolute Gasteiger partial charge is 0.237 e. The first kappa shape index (κ1) is 10.3. The van der Waals surface area contributed by atoms with Crippen molar-refractivity contribution in [3.63, 3.8) is 0 Å². The van der Waals surface area contributed by atoms with E-state index in [1.807, 2.05) is 23.7 Å². The molecule has 0 aliphatic heterocycles. The molecule has 0 bridgehead atoms. The normalized spacial score (nSPS) is 21.4. The molecule has 0 N–H and O–H groups in total. The van der Waals surface area contributed by atoms with E-state index in [0.717, 1.165) is 29.0 Å². The summed E-state index contributed by atoms with van der Waals surface area (Å²) in [6, 6.07) is 4.33. The van der Waals surface area contributed by atoms with Crippen LogP contribution in [0.4, 0.5) is 0 Å². The lowest BCUT2D eigenvalue weighted by Gasteiger charge is -2.19. The lowest BCUT2D eigenvalue weighted by Crippen LogP contribution is -2.17. The Morgan fingerprint density at radius 2 is 2.29 bits per heavy atom. The van der Waals surface area contributed by atoms with Gasteiger partial charge in [-0.3, -0.25) is 0 Å². The van der Waals surface area contributed by atoms with Crippen molar-refractivity contribution in [2.24, 2.45) is 0 Å². The summed E-state index contributed by atoms with van der Waals surface area (Å²) in [5, 5.41) is 13.7. The van der Waals surface area contributed by atoms with Crippen LogP contribution in [0.1, 0.15) is 43.1 Å². The van der Waals surface area contributed by atoms with Gasteiger partial charge in [0.2, 0.25) is 0 Å². The van der Waals surface area contributed by atoms with E-state index in [2.05, 4.69) is 30.0 Å². The third-order valence-electron chi connectivity index (χ3n) is 3.52. The van der Waals surface area contributed by atoms with Gasteiger partial charge in [-0.1, -0.05) is 13.8 Å². The average Bonchev–Trinajstić information content (AvgIpc) is 2.75. The van der Waals surface area contributed by atoms with Gasteiger partial charge in [-0.2, -0.15) is 10.4 Å². The topological polar surface area (TPSA) is 54.0 Å². The van der Waals surface area contributed by atoms with Crippen LogP contribution in [-0.4, -0.2) is 14.6 Å². The molecule has 4 nitrogen and oxygen atoms in total. The lowest BCUT2D eigenvalue weighted by atomic mass is 9.89. The van der Waals surface area contributed by atoms with Gasteiger partial charge < -0.3 is 0 Å². The molecule has 0 saturated carbocycles. The van der Waals surface area contributed by atoms with Crippen molar-refractivity contribution >= 4 is 5.65 Å². The highest BCUT2D eigenvalue weighted by atomic mass is 15.3. The highest BCUT2D eigenvalue weighted by Gasteiger charge is 2.39. The van der Waals surface area contributed by atoms with Crippen LogP contribution < -0.4 is 0 Å². The molecule has 0 saturated heterocycles. The fraction of sp³-hybridized carbons (Fsp3) is 0.462. The van der Waals surface area contributed by atoms with Crippen LogP contribution in [0.2, 0.25) is 0 Å². The highest BCUT2D eigenvalue weighted by molar-refractivity contribution is 5.48. The molecule has 17 heavy (non-hydrogen) atoms. The van der Waals surface area contributed by atoms with Gasteiger partial charge in [0.1, 0.15) is 0 Å². The maximum atomic E-state index is 9.21. The van der Waals surface area contributed by atoms with Gasteiger partial charge in [0.25, 0.3) is 0 Å². The number of nitrogens with zero attached hydrogens (tertiary/aromatic N) is 4. The van der Waals surface area contributed by atoms with E-state index in [9.17, 15) is 5.26 Å². The Balaban J connectivity index is 2.40. The second kappa shape index (κ2) is 3.07. The van der Waals surface area contributed by atoms with Crippen molar-refractivity contribution in [3.05, 3.63) is 29.2 Å². The summed E-state index contributed by atoms with van der Waals surface area (Å²) >= 11 is 0. The molecule has 2 aromatic rings. The summed E-state index contributed by atoms with van der Waals surface area (Å²) < 4.78 is 1.90. The zero-order valence-corrected chi connectivity index (χ0v) is 10.2. The molecule has 0 fully saturated rings. The molecule has 0 radical (unpaired) electrons. The molecule has 1 aliphatic carbocycles. The molecule has 1 aliphatic rings. The fourth-order valence-electron chi connectivity index (χ4n) is 2.83. The summed E-state index contributed by atoms with van der Waals surface area (Å²) in [6.45, 7) is 6.30. The predicted octanol–water partition coefficient (Wildman–Crippen LogP) is 2.33. The van der Waals surface area contributed by atoms with Gasteiger partial charge in [0.15, 0.2) is 5.65 Å². The second-order valence-electron chi connectivity index (χ2n) is 5.39. The first-order valence-electron chi connectivity index (χ1n) is 5.78. The van der Waals surface area contributed by atoms with Crippen molar-refractivity contribution in [3.8, 4) is 6.07 Å². The number of nitriles is 1. The Morgan fingerprint density at radius 1 is 1.53 bits per heavy atom. The number of fused-ring (bicyclic) bond motifs is 3. The molecule has 86 valence electrons. The molecule has 2 heterocycles. The van der Waals surface area contributed by atoms with E-state index in [-0.39, 0.29) is 11.3 Å². The molecule has 2 aromatic heterocycles. The zero-order chi connectivity index (χ0) is 12.2. The monoisotopic (exact) mass is 226 g/mol. The van der Waals surface area contributed by atoms with Crippen LogP contribution in [0.3, 0.4) is 0 Å². The quantitative estimate of drug-likeness (QED) is 0.692. The Kier molecular flexibility index (Phi) is 1.86. The van der Waals surface area contributed by atoms with Crippen LogP contribution in [0.15, 0.2) is 12.3 Å². The summed E-state index contributed by atoms with van der Waals surface area (Å²) in [6.07, 6.45) is 2.69. The lowest BCUT2D eigenvalue weighted by molar-refractivity contribution is 0.484. The van der Waals surface area contributed by atoms with Crippen LogP contribution in [0.5, 0.6) is 0 Å². The summed E-state index contributed by atoms with van der Waals surface area (Å²) in [5.74, 6) is -0.0543. The second-order valence-corrected chi connectivity index (χ2v) is 5.39. The van der Waals surface area contributed by atoms with Crippen molar-refractivity contribution in [1.82, 2.24) is 14.6 Å². The number of hydrogen-bond donors (Lipinski definition) is 0. The molecule has 1 atom stereocenters. The highest BCUT2D eigenvalue weighted by Crippen LogP contribution is 2.44. The first-order valence-corrected chi connectivity index (χ1v) is 5.78. The molecule has 3 rings (SSSR count). The third-order valence-corrected chi connectivity index (χ3v) is 3.52. The zero-order valence-electron chi connectivity index (χ0n) is 10.2. The van der Waals surface area contributed by atoms with Crippen molar-refractivity contribution in [1.29, 1.82) is 5.26 Å².